The number of pyridine rings is 1. The van der Waals surface area contributed by atoms with Gasteiger partial charge < -0.3 is 15.2 Å². The molecule has 7 heteroatoms. The molecular formula is C11H14F2N2O3. The third-order valence-electron chi connectivity index (χ3n) is 2.17. The molecule has 2 N–H and O–H groups in total. The molecule has 0 radical (unpaired) electrons. The van der Waals surface area contributed by atoms with Crippen molar-refractivity contribution in [1.82, 2.24) is 4.98 Å². The van der Waals surface area contributed by atoms with Crippen LogP contribution in [0.2, 0.25) is 0 Å². The lowest BCUT2D eigenvalue weighted by Crippen LogP contribution is -2.12. The van der Waals surface area contributed by atoms with Gasteiger partial charge in [-0.2, -0.15) is 0 Å². The molecule has 100 valence electrons. The first-order chi connectivity index (χ1) is 8.49. The van der Waals surface area contributed by atoms with Crippen molar-refractivity contribution in [2.24, 2.45) is 0 Å². The molecule has 0 spiro atoms. The third kappa shape index (κ3) is 3.28. The number of alkyl halides is 2. The number of ether oxygens (including phenoxy) is 2. The van der Waals surface area contributed by atoms with Crippen LogP contribution in [0.5, 0.6) is 5.88 Å². The zero-order valence-corrected chi connectivity index (χ0v) is 10.1. The number of nitrogens with zero attached hydrogens (tertiary/aromatic N) is 1. The van der Waals surface area contributed by atoms with Gasteiger partial charge in [0, 0.05) is 5.56 Å². The number of carbonyl (C=O) groups is 1. The number of nitrogens with two attached hydrogens (primary N) is 1. The molecule has 0 saturated carbocycles. The molecule has 0 atom stereocenters. The second-order valence-corrected chi connectivity index (χ2v) is 3.41. The summed E-state index contributed by atoms with van der Waals surface area (Å²) in [4.78, 5) is 15.1. The number of nitrogen functional groups attached to an aromatic ring is 1. The summed E-state index contributed by atoms with van der Waals surface area (Å²) in [5, 5.41) is 0. The highest BCUT2D eigenvalue weighted by atomic mass is 19.3. The zero-order valence-electron chi connectivity index (χ0n) is 10.1. The number of aromatic nitrogens is 1. The molecule has 1 aromatic heterocycles. The monoisotopic (exact) mass is 260 g/mol. The van der Waals surface area contributed by atoms with Crippen molar-refractivity contribution in [2.45, 2.75) is 19.8 Å². The molecule has 0 amide bonds. The number of hydrogen-bond acceptors (Lipinski definition) is 5. The maximum Gasteiger partial charge on any atom is 0.311 e. The van der Waals surface area contributed by atoms with Crippen LogP contribution in [0.15, 0.2) is 6.07 Å². The standard InChI is InChI=1S/C11H14F2N2O3/c1-3-18-9(16)5-8-6(10(12)13)4-7(14)11(15-8)17-2/h4,10H,3,5,14H2,1-2H3. The Kier molecular flexibility index (Phi) is 4.82. The lowest BCUT2D eigenvalue weighted by molar-refractivity contribution is -0.142. The van der Waals surface area contributed by atoms with Gasteiger partial charge >= 0.3 is 5.97 Å². The van der Waals surface area contributed by atoms with Crippen LogP contribution in [-0.2, 0) is 16.0 Å². The van der Waals surface area contributed by atoms with Gasteiger partial charge in [0.1, 0.15) is 0 Å². The third-order valence-corrected chi connectivity index (χ3v) is 2.17. The van der Waals surface area contributed by atoms with Gasteiger partial charge in [0.2, 0.25) is 5.88 Å². The van der Waals surface area contributed by atoms with E-state index in [-0.39, 0.29) is 35.9 Å². The second-order valence-electron chi connectivity index (χ2n) is 3.41. The minimum absolute atomic E-state index is 0.000379. The minimum Gasteiger partial charge on any atom is -0.480 e. The highest BCUT2D eigenvalue weighted by molar-refractivity contribution is 5.73. The van der Waals surface area contributed by atoms with E-state index in [1.807, 2.05) is 0 Å². The summed E-state index contributed by atoms with van der Waals surface area (Å²) in [5.74, 6) is -0.613. The average Bonchev–Trinajstić information content (AvgIpc) is 2.30. The van der Waals surface area contributed by atoms with Crippen molar-refractivity contribution in [3.63, 3.8) is 0 Å². The average molecular weight is 260 g/mol. The van der Waals surface area contributed by atoms with Crippen LogP contribution >= 0.6 is 0 Å². The smallest absolute Gasteiger partial charge is 0.311 e. The Hall–Kier alpha value is -1.92. The van der Waals surface area contributed by atoms with Crippen LogP contribution in [0.1, 0.15) is 24.6 Å². The van der Waals surface area contributed by atoms with Gasteiger partial charge in [0.05, 0.1) is 31.5 Å². The Morgan fingerprint density at radius 3 is 2.72 bits per heavy atom. The summed E-state index contributed by atoms with van der Waals surface area (Å²) in [5.41, 5.74) is 5.02. The van der Waals surface area contributed by atoms with Gasteiger partial charge in [-0.25, -0.2) is 13.8 Å². The van der Waals surface area contributed by atoms with Gasteiger partial charge in [-0.1, -0.05) is 0 Å². The van der Waals surface area contributed by atoms with E-state index in [9.17, 15) is 13.6 Å². The maximum atomic E-state index is 12.8. The van der Waals surface area contributed by atoms with Crippen molar-refractivity contribution in [3.05, 3.63) is 17.3 Å². The van der Waals surface area contributed by atoms with Crippen molar-refractivity contribution < 1.29 is 23.0 Å². The fraction of sp³-hybridized carbons (Fsp3) is 0.455. The normalized spacial score (nSPS) is 10.5. The van der Waals surface area contributed by atoms with Gasteiger partial charge in [0.15, 0.2) is 0 Å². The highest BCUT2D eigenvalue weighted by Gasteiger charge is 2.20. The molecule has 18 heavy (non-hydrogen) atoms. The van der Waals surface area contributed by atoms with Gasteiger partial charge in [0.25, 0.3) is 6.43 Å². The molecule has 5 nitrogen and oxygen atoms in total. The number of halogens is 2. The van der Waals surface area contributed by atoms with E-state index in [4.69, 9.17) is 10.5 Å². The number of esters is 1. The predicted octanol–water partition coefficient (Wildman–Crippen LogP) is 1.72. The predicted molar refractivity (Wildman–Crippen MR) is 60.5 cm³/mol. The second kappa shape index (κ2) is 6.13. The van der Waals surface area contributed by atoms with Crippen molar-refractivity contribution in [2.75, 3.05) is 19.5 Å². The van der Waals surface area contributed by atoms with Crippen LogP contribution in [0.25, 0.3) is 0 Å². The molecule has 0 aliphatic rings. The van der Waals surface area contributed by atoms with E-state index >= 15 is 0 Å². The van der Waals surface area contributed by atoms with Crippen LogP contribution < -0.4 is 10.5 Å². The van der Waals surface area contributed by atoms with E-state index < -0.39 is 12.4 Å². The van der Waals surface area contributed by atoms with Gasteiger partial charge in [-0.05, 0) is 13.0 Å². The molecule has 1 rings (SSSR count). The summed E-state index contributed by atoms with van der Waals surface area (Å²) in [6, 6.07) is 1.06. The first kappa shape index (κ1) is 14.1. The number of rotatable bonds is 5. The number of methoxy groups -OCH3 is 1. The lowest BCUT2D eigenvalue weighted by atomic mass is 10.1. The van der Waals surface area contributed by atoms with E-state index in [0.29, 0.717) is 0 Å². The molecule has 0 aliphatic heterocycles. The molecular weight excluding hydrogens is 246 g/mol. The molecule has 1 aromatic rings. The quantitative estimate of drug-likeness (QED) is 0.816. The van der Waals surface area contributed by atoms with Crippen molar-refractivity contribution in [3.8, 4) is 5.88 Å². The van der Waals surface area contributed by atoms with Crippen LogP contribution in [0, 0.1) is 0 Å². The minimum atomic E-state index is -2.77. The Morgan fingerprint density at radius 2 is 2.22 bits per heavy atom. The molecule has 0 bridgehead atoms. The summed E-state index contributed by atoms with van der Waals surface area (Å²) >= 11 is 0. The first-order valence-electron chi connectivity index (χ1n) is 5.26. The van der Waals surface area contributed by atoms with Crippen molar-refractivity contribution in [1.29, 1.82) is 0 Å². The van der Waals surface area contributed by atoms with E-state index in [1.54, 1.807) is 6.92 Å². The summed E-state index contributed by atoms with van der Waals surface area (Å²) in [6.45, 7) is 1.80. The van der Waals surface area contributed by atoms with Crippen molar-refractivity contribution >= 4 is 11.7 Å². The molecule has 0 saturated heterocycles. The lowest BCUT2D eigenvalue weighted by Gasteiger charge is -2.11. The molecule has 0 aromatic carbocycles. The van der Waals surface area contributed by atoms with E-state index in [2.05, 4.69) is 9.72 Å². The fourth-order valence-corrected chi connectivity index (χ4v) is 1.41. The first-order valence-corrected chi connectivity index (χ1v) is 5.26. The van der Waals surface area contributed by atoms with Crippen LogP contribution in [-0.4, -0.2) is 24.7 Å². The number of carbonyl (C=O) groups excluding carboxylic acids is 1. The molecule has 0 unspecified atom stereocenters. The fourth-order valence-electron chi connectivity index (χ4n) is 1.41. The Balaban J connectivity index is 3.10. The largest absolute Gasteiger partial charge is 0.480 e. The Labute approximate surface area is 103 Å². The summed E-state index contributed by atoms with van der Waals surface area (Å²) < 4.78 is 35.1. The summed E-state index contributed by atoms with van der Waals surface area (Å²) in [7, 11) is 1.31. The number of anilines is 1. The highest BCUT2D eigenvalue weighted by Crippen LogP contribution is 2.29. The molecule has 1 heterocycles. The van der Waals surface area contributed by atoms with Gasteiger partial charge in [-0.15, -0.1) is 0 Å². The zero-order chi connectivity index (χ0) is 13.7. The number of hydrogen-bond donors (Lipinski definition) is 1. The summed E-state index contributed by atoms with van der Waals surface area (Å²) in [6.07, 6.45) is -3.11. The molecule has 0 fully saturated rings. The Bertz CT molecular complexity index is 439. The topological polar surface area (TPSA) is 74.4 Å². The Morgan fingerprint density at radius 1 is 1.56 bits per heavy atom. The molecule has 0 aliphatic carbocycles. The maximum absolute atomic E-state index is 12.8. The van der Waals surface area contributed by atoms with Crippen LogP contribution in [0.4, 0.5) is 14.5 Å². The van der Waals surface area contributed by atoms with E-state index in [1.165, 1.54) is 7.11 Å². The van der Waals surface area contributed by atoms with Crippen LogP contribution in [0.3, 0.4) is 0 Å². The SMILES string of the molecule is CCOC(=O)Cc1nc(OC)c(N)cc1C(F)F. The van der Waals surface area contributed by atoms with Gasteiger partial charge in [-0.3, -0.25) is 4.79 Å². The van der Waals surface area contributed by atoms with E-state index in [0.717, 1.165) is 6.07 Å².